The summed E-state index contributed by atoms with van der Waals surface area (Å²) in [7, 11) is 0. The van der Waals surface area contributed by atoms with Crippen molar-refractivity contribution < 1.29 is 27.5 Å². The zero-order valence-electron chi connectivity index (χ0n) is 20.4. The van der Waals surface area contributed by atoms with Crippen LogP contribution in [0.1, 0.15) is 72.9 Å². The maximum Gasteiger partial charge on any atom is 0.255 e. The molecule has 3 fully saturated rings. The number of benzene rings is 1. The average Bonchev–Trinajstić information content (AvgIpc) is 3.19. The zero-order valence-corrected chi connectivity index (χ0v) is 20.4. The smallest absolute Gasteiger partial charge is 0.255 e. The highest BCUT2D eigenvalue weighted by Crippen LogP contribution is 2.33. The lowest BCUT2D eigenvalue weighted by Crippen LogP contribution is -2.50. The van der Waals surface area contributed by atoms with Crippen molar-refractivity contribution in [2.24, 2.45) is 5.92 Å². The van der Waals surface area contributed by atoms with Crippen LogP contribution in [-0.4, -0.2) is 54.0 Å². The molecule has 3 aliphatic heterocycles. The van der Waals surface area contributed by atoms with Gasteiger partial charge < -0.3 is 20.3 Å². The quantitative estimate of drug-likeness (QED) is 0.612. The van der Waals surface area contributed by atoms with Crippen molar-refractivity contribution in [1.29, 1.82) is 0 Å². The van der Waals surface area contributed by atoms with Crippen LogP contribution >= 0.6 is 0 Å². The molecule has 1 saturated carbocycles. The van der Waals surface area contributed by atoms with Crippen molar-refractivity contribution in [3.63, 3.8) is 0 Å². The minimum absolute atomic E-state index is 0.0247. The molecular formula is C27H34F3N3O3. The number of piperidine rings is 1. The fourth-order valence-electron chi connectivity index (χ4n) is 6.18. The largest absolute Gasteiger partial charge is 0.376 e. The highest BCUT2D eigenvalue weighted by Gasteiger charge is 2.40. The summed E-state index contributed by atoms with van der Waals surface area (Å²) < 4.78 is 47.7. The minimum atomic E-state index is -2.26. The lowest BCUT2D eigenvalue weighted by molar-refractivity contribution is -0.126. The molecule has 2 saturated heterocycles. The first-order valence-electron chi connectivity index (χ1n) is 13.1. The van der Waals surface area contributed by atoms with Crippen molar-refractivity contribution >= 4 is 11.8 Å². The number of hydrogen-bond donors (Lipinski definition) is 2. The number of nitrogens with one attached hydrogen (secondary N) is 2. The molecule has 1 aromatic carbocycles. The molecule has 0 bridgehead atoms. The third-order valence-corrected chi connectivity index (χ3v) is 8.28. The van der Waals surface area contributed by atoms with Crippen molar-refractivity contribution in [1.82, 2.24) is 15.5 Å². The molecule has 0 unspecified atom stereocenters. The van der Waals surface area contributed by atoms with Crippen LogP contribution in [0.5, 0.6) is 0 Å². The van der Waals surface area contributed by atoms with Crippen LogP contribution < -0.4 is 10.6 Å². The Balaban J connectivity index is 1.26. The van der Waals surface area contributed by atoms with Gasteiger partial charge in [0.1, 0.15) is 11.9 Å². The predicted octanol–water partition coefficient (Wildman–Crippen LogP) is 4.08. The minimum Gasteiger partial charge on any atom is -0.376 e. The number of nitrogens with zero attached hydrogens (tertiary/aromatic N) is 1. The standard InChI is InChI=1S/C27H34F3N3O3/c1-15-4-11-22(26(34)31-15)33-14-20-19(27(33)35)10-7-17(24(20)28)13-23-21(3-2-12-36-23)32-18-8-5-16(6-9-18)25(29)30/h7,10,16,18,21-23,25,32H,1-6,8-9,11-14H2,(H,31,34)/t16-,18-,21-,22-,23+/m0/s1. The number of rotatable bonds is 6. The first-order valence-corrected chi connectivity index (χ1v) is 13.1. The van der Waals surface area contributed by atoms with Gasteiger partial charge in [0.25, 0.3) is 5.91 Å². The Morgan fingerprint density at radius 1 is 1.14 bits per heavy atom. The molecule has 6 nitrogen and oxygen atoms in total. The molecule has 2 N–H and O–H groups in total. The molecule has 0 spiro atoms. The molecule has 1 aromatic rings. The van der Waals surface area contributed by atoms with E-state index in [0.29, 0.717) is 73.9 Å². The highest BCUT2D eigenvalue weighted by molar-refractivity contribution is 6.01. The second kappa shape index (κ2) is 10.5. The highest BCUT2D eigenvalue weighted by atomic mass is 19.3. The molecule has 3 atom stereocenters. The molecule has 36 heavy (non-hydrogen) atoms. The topological polar surface area (TPSA) is 70.7 Å². The van der Waals surface area contributed by atoms with Crippen molar-refractivity contribution in [3.8, 4) is 0 Å². The number of carbonyl (C=O) groups excluding carboxylic acids is 2. The van der Waals surface area contributed by atoms with Crippen LogP contribution in [0.15, 0.2) is 24.4 Å². The summed E-state index contributed by atoms with van der Waals surface area (Å²) in [4.78, 5) is 26.9. The van der Waals surface area contributed by atoms with Crippen LogP contribution in [0.4, 0.5) is 13.2 Å². The van der Waals surface area contributed by atoms with E-state index in [2.05, 4.69) is 17.2 Å². The number of fused-ring (bicyclic) bond motifs is 1. The van der Waals surface area contributed by atoms with E-state index in [0.717, 1.165) is 12.8 Å². The van der Waals surface area contributed by atoms with Crippen molar-refractivity contribution in [2.75, 3.05) is 6.61 Å². The number of carbonyl (C=O) groups is 2. The lowest BCUT2D eigenvalue weighted by atomic mass is 9.85. The number of hydrogen-bond acceptors (Lipinski definition) is 4. The Morgan fingerprint density at radius 3 is 2.64 bits per heavy atom. The summed E-state index contributed by atoms with van der Waals surface area (Å²) in [6.45, 7) is 4.44. The van der Waals surface area contributed by atoms with E-state index in [-0.39, 0.29) is 36.5 Å². The predicted molar refractivity (Wildman–Crippen MR) is 128 cm³/mol. The number of amides is 2. The van der Waals surface area contributed by atoms with E-state index < -0.39 is 24.2 Å². The van der Waals surface area contributed by atoms with Gasteiger partial charge in [-0.3, -0.25) is 9.59 Å². The Labute approximate surface area is 209 Å². The van der Waals surface area contributed by atoms with Gasteiger partial charge in [0.05, 0.1) is 12.6 Å². The normalized spacial score (nSPS) is 31.1. The van der Waals surface area contributed by atoms with Crippen molar-refractivity contribution in [3.05, 3.63) is 46.9 Å². The number of ether oxygens (including phenoxy) is 1. The molecule has 4 aliphatic rings. The Kier molecular flexibility index (Phi) is 7.40. The summed E-state index contributed by atoms with van der Waals surface area (Å²) in [5, 5.41) is 6.32. The summed E-state index contributed by atoms with van der Waals surface area (Å²) >= 11 is 0. The van der Waals surface area contributed by atoms with Gasteiger partial charge in [-0.15, -0.1) is 0 Å². The van der Waals surface area contributed by atoms with Gasteiger partial charge in [-0.05, 0) is 63.0 Å². The lowest BCUT2D eigenvalue weighted by Gasteiger charge is -2.37. The second-order valence-corrected chi connectivity index (χ2v) is 10.6. The SMILES string of the molecule is C=C1CC[C@H](N2Cc3c(ccc(C[C@H]4OCCC[C@@H]4N[C@H]4CC[C@H](C(F)F)CC4)c3F)C2=O)C(=O)N1. The zero-order chi connectivity index (χ0) is 25.4. The van der Waals surface area contributed by atoms with E-state index in [1.807, 2.05) is 0 Å². The van der Waals surface area contributed by atoms with Gasteiger partial charge in [0.15, 0.2) is 0 Å². The van der Waals surface area contributed by atoms with E-state index in [4.69, 9.17) is 4.74 Å². The van der Waals surface area contributed by atoms with Gasteiger partial charge in [-0.2, -0.15) is 0 Å². The molecular weight excluding hydrogens is 471 g/mol. The molecule has 3 heterocycles. The number of halogens is 3. The van der Waals surface area contributed by atoms with Gasteiger partial charge in [-0.25, -0.2) is 13.2 Å². The average molecular weight is 506 g/mol. The maximum absolute atomic E-state index is 15.7. The van der Waals surface area contributed by atoms with E-state index in [9.17, 15) is 18.4 Å². The van der Waals surface area contributed by atoms with Crippen molar-refractivity contribution in [2.45, 2.75) is 95.0 Å². The summed E-state index contributed by atoms with van der Waals surface area (Å²) in [5.41, 5.74) is 1.76. The molecule has 9 heteroatoms. The monoisotopic (exact) mass is 505 g/mol. The van der Waals surface area contributed by atoms with E-state index in [1.165, 1.54) is 4.90 Å². The maximum atomic E-state index is 15.7. The van der Waals surface area contributed by atoms with Gasteiger partial charge >= 0.3 is 0 Å². The van der Waals surface area contributed by atoms with Crippen LogP contribution in [0, 0.1) is 11.7 Å². The molecule has 5 rings (SSSR count). The van der Waals surface area contributed by atoms with Crippen LogP contribution in [-0.2, 0) is 22.5 Å². The van der Waals surface area contributed by atoms with E-state index in [1.54, 1.807) is 12.1 Å². The second-order valence-electron chi connectivity index (χ2n) is 10.6. The molecule has 1 aliphatic carbocycles. The third kappa shape index (κ3) is 5.05. The van der Waals surface area contributed by atoms with Gasteiger partial charge in [0, 0.05) is 47.9 Å². The first kappa shape index (κ1) is 25.3. The molecule has 0 radical (unpaired) electrons. The fourth-order valence-corrected chi connectivity index (χ4v) is 6.18. The molecule has 196 valence electrons. The summed E-state index contributed by atoms with van der Waals surface area (Å²) in [6, 6.07) is 2.88. The molecule has 2 amide bonds. The number of allylic oxidation sites excluding steroid dienone is 1. The first-order chi connectivity index (χ1) is 17.3. The van der Waals surface area contributed by atoms with E-state index >= 15 is 4.39 Å². The summed E-state index contributed by atoms with van der Waals surface area (Å²) in [6.07, 6.45) is 3.18. The Hall–Kier alpha value is -2.39. The number of alkyl halides is 2. The van der Waals surface area contributed by atoms with Gasteiger partial charge in [0.2, 0.25) is 12.3 Å². The molecule has 0 aromatic heterocycles. The Bertz CT molecular complexity index is 1030. The Morgan fingerprint density at radius 2 is 1.92 bits per heavy atom. The van der Waals surface area contributed by atoms with Gasteiger partial charge in [-0.1, -0.05) is 12.6 Å². The fraction of sp³-hybridized carbons (Fsp3) is 0.630. The summed E-state index contributed by atoms with van der Waals surface area (Å²) in [5.74, 6) is -1.52. The van der Waals surface area contributed by atoms with Crippen LogP contribution in [0.3, 0.4) is 0 Å². The third-order valence-electron chi connectivity index (χ3n) is 8.28. The van der Waals surface area contributed by atoms with Crippen LogP contribution in [0.2, 0.25) is 0 Å². The van der Waals surface area contributed by atoms with Crippen LogP contribution in [0.25, 0.3) is 0 Å².